The van der Waals surface area contributed by atoms with E-state index in [1.54, 1.807) is 0 Å². The Balaban J connectivity index is 3.97. The molecule has 0 radical (unpaired) electrons. The van der Waals surface area contributed by atoms with E-state index >= 15 is 0 Å². The zero-order valence-corrected chi connectivity index (χ0v) is 8.06. The number of alkyl halides is 3. The van der Waals surface area contributed by atoms with Gasteiger partial charge in [0.25, 0.3) is 0 Å². The van der Waals surface area contributed by atoms with Crippen molar-refractivity contribution < 1.29 is 13.2 Å². The number of halogens is 3. The van der Waals surface area contributed by atoms with E-state index in [9.17, 15) is 13.2 Å². The summed E-state index contributed by atoms with van der Waals surface area (Å²) >= 11 is 0. The molecule has 5 heteroatoms. The van der Waals surface area contributed by atoms with Gasteiger partial charge >= 0.3 is 6.18 Å². The molecular weight excluding hydrogens is 181 g/mol. The van der Waals surface area contributed by atoms with Crippen molar-refractivity contribution in [3.05, 3.63) is 0 Å². The molecule has 0 aromatic rings. The van der Waals surface area contributed by atoms with Gasteiger partial charge in [-0.2, -0.15) is 13.2 Å². The number of nitrogens with zero attached hydrogens (tertiary/aromatic N) is 1. The minimum absolute atomic E-state index is 0.161. The fourth-order valence-electron chi connectivity index (χ4n) is 1.26. The standard InChI is InChI=1S/C8H17F3N2/c1-3-4-7(5-12)13(2)6-8(9,10)11/h7H,3-6,12H2,1-2H3. The van der Waals surface area contributed by atoms with Crippen molar-refractivity contribution in [2.45, 2.75) is 32.0 Å². The average molecular weight is 198 g/mol. The lowest BCUT2D eigenvalue weighted by atomic mass is 10.1. The summed E-state index contributed by atoms with van der Waals surface area (Å²) in [6, 6.07) is -0.161. The predicted molar refractivity (Wildman–Crippen MR) is 46.4 cm³/mol. The Morgan fingerprint density at radius 3 is 2.23 bits per heavy atom. The quantitative estimate of drug-likeness (QED) is 0.727. The van der Waals surface area contributed by atoms with Crippen LogP contribution in [-0.2, 0) is 0 Å². The van der Waals surface area contributed by atoms with E-state index in [4.69, 9.17) is 5.73 Å². The molecule has 0 saturated carbocycles. The summed E-state index contributed by atoms with van der Waals surface area (Å²) < 4.78 is 35.9. The summed E-state index contributed by atoms with van der Waals surface area (Å²) in [5, 5.41) is 0. The number of likely N-dealkylation sites (N-methyl/N-ethyl adjacent to an activating group) is 1. The monoisotopic (exact) mass is 198 g/mol. The first kappa shape index (κ1) is 12.7. The van der Waals surface area contributed by atoms with Crippen LogP contribution in [0.1, 0.15) is 19.8 Å². The maximum Gasteiger partial charge on any atom is 0.401 e. The maximum atomic E-state index is 12.0. The van der Waals surface area contributed by atoms with Crippen molar-refractivity contribution >= 4 is 0 Å². The SMILES string of the molecule is CCCC(CN)N(C)CC(F)(F)F. The van der Waals surface area contributed by atoms with Crippen molar-refractivity contribution in [2.75, 3.05) is 20.1 Å². The highest BCUT2D eigenvalue weighted by Crippen LogP contribution is 2.17. The highest BCUT2D eigenvalue weighted by Gasteiger charge is 2.31. The molecule has 0 rings (SSSR count). The van der Waals surface area contributed by atoms with Crippen molar-refractivity contribution in [1.29, 1.82) is 0 Å². The molecule has 80 valence electrons. The fourth-order valence-corrected chi connectivity index (χ4v) is 1.26. The van der Waals surface area contributed by atoms with Crippen LogP contribution >= 0.6 is 0 Å². The zero-order chi connectivity index (χ0) is 10.5. The molecule has 0 fully saturated rings. The molecular formula is C8H17F3N2. The highest BCUT2D eigenvalue weighted by molar-refractivity contribution is 4.71. The summed E-state index contributed by atoms with van der Waals surface area (Å²) in [4.78, 5) is 1.27. The third-order valence-corrected chi connectivity index (χ3v) is 1.95. The first-order valence-corrected chi connectivity index (χ1v) is 4.37. The molecule has 0 spiro atoms. The number of rotatable bonds is 5. The molecule has 0 aliphatic rings. The second-order valence-electron chi connectivity index (χ2n) is 3.21. The van der Waals surface area contributed by atoms with Crippen LogP contribution in [0.2, 0.25) is 0 Å². The Hall–Kier alpha value is -0.290. The lowest BCUT2D eigenvalue weighted by Gasteiger charge is -2.27. The van der Waals surface area contributed by atoms with Gasteiger partial charge in [-0.15, -0.1) is 0 Å². The largest absolute Gasteiger partial charge is 0.401 e. The summed E-state index contributed by atoms with van der Waals surface area (Å²) in [6.45, 7) is 1.33. The van der Waals surface area contributed by atoms with Gasteiger partial charge in [0.15, 0.2) is 0 Å². The Labute approximate surface area is 76.9 Å². The molecule has 0 aliphatic heterocycles. The van der Waals surface area contributed by atoms with Gasteiger partial charge in [-0.3, -0.25) is 4.90 Å². The van der Waals surface area contributed by atoms with Crippen LogP contribution in [0.4, 0.5) is 13.2 Å². The first-order chi connectivity index (χ1) is 5.90. The van der Waals surface area contributed by atoms with Crippen LogP contribution in [-0.4, -0.2) is 37.3 Å². The summed E-state index contributed by atoms with van der Waals surface area (Å²) in [6.07, 6.45) is -2.57. The minimum atomic E-state index is -4.13. The van der Waals surface area contributed by atoms with Gasteiger partial charge in [0.1, 0.15) is 0 Å². The van der Waals surface area contributed by atoms with Crippen LogP contribution in [0.5, 0.6) is 0 Å². The van der Waals surface area contributed by atoms with Gasteiger partial charge in [-0.1, -0.05) is 13.3 Å². The Morgan fingerprint density at radius 2 is 1.92 bits per heavy atom. The molecule has 13 heavy (non-hydrogen) atoms. The van der Waals surface area contributed by atoms with Gasteiger partial charge < -0.3 is 5.73 Å². The third-order valence-electron chi connectivity index (χ3n) is 1.95. The van der Waals surface area contributed by atoms with Crippen molar-refractivity contribution in [3.8, 4) is 0 Å². The Bertz CT molecular complexity index is 136. The van der Waals surface area contributed by atoms with Gasteiger partial charge in [-0.05, 0) is 13.5 Å². The minimum Gasteiger partial charge on any atom is -0.329 e. The van der Waals surface area contributed by atoms with Crippen molar-refractivity contribution in [3.63, 3.8) is 0 Å². The van der Waals surface area contributed by atoms with E-state index in [2.05, 4.69) is 0 Å². The van der Waals surface area contributed by atoms with Crippen LogP contribution in [0, 0.1) is 0 Å². The Morgan fingerprint density at radius 1 is 1.38 bits per heavy atom. The molecule has 2 nitrogen and oxygen atoms in total. The molecule has 2 N–H and O–H groups in total. The summed E-state index contributed by atoms with van der Waals surface area (Å²) in [5.74, 6) is 0. The third kappa shape index (κ3) is 5.87. The smallest absolute Gasteiger partial charge is 0.329 e. The Kier molecular flexibility index (Phi) is 5.32. The number of nitrogens with two attached hydrogens (primary N) is 1. The normalized spacial score (nSPS) is 15.0. The summed E-state index contributed by atoms with van der Waals surface area (Å²) in [7, 11) is 1.46. The molecule has 0 bridgehead atoms. The molecule has 0 aliphatic carbocycles. The van der Waals surface area contributed by atoms with E-state index in [1.165, 1.54) is 11.9 Å². The predicted octanol–water partition coefficient (Wildman–Crippen LogP) is 1.61. The molecule has 0 aromatic heterocycles. The van der Waals surface area contributed by atoms with Gasteiger partial charge in [-0.25, -0.2) is 0 Å². The van der Waals surface area contributed by atoms with Crippen molar-refractivity contribution in [2.24, 2.45) is 5.73 Å². The van der Waals surface area contributed by atoms with Crippen LogP contribution < -0.4 is 5.73 Å². The topological polar surface area (TPSA) is 29.3 Å². The van der Waals surface area contributed by atoms with Crippen LogP contribution in [0.25, 0.3) is 0 Å². The van der Waals surface area contributed by atoms with E-state index in [-0.39, 0.29) is 12.6 Å². The molecule has 0 saturated heterocycles. The van der Waals surface area contributed by atoms with Crippen LogP contribution in [0.15, 0.2) is 0 Å². The molecule has 1 atom stereocenters. The van der Waals surface area contributed by atoms with E-state index in [1.807, 2.05) is 6.92 Å². The first-order valence-electron chi connectivity index (χ1n) is 4.37. The van der Waals surface area contributed by atoms with E-state index in [0.717, 1.165) is 6.42 Å². The maximum absolute atomic E-state index is 12.0. The second kappa shape index (κ2) is 5.44. The average Bonchev–Trinajstić information content (AvgIpc) is 1.96. The number of hydrogen-bond acceptors (Lipinski definition) is 2. The molecule has 0 heterocycles. The van der Waals surface area contributed by atoms with E-state index < -0.39 is 12.7 Å². The van der Waals surface area contributed by atoms with Gasteiger partial charge in [0, 0.05) is 12.6 Å². The highest BCUT2D eigenvalue weighted by atomic mass is 19.4. The van der Waals surface area contributed by atoms with Gasteiger partial charge in [0.2, 0.25) is 0 Å². The summed E-state index contributed by atoms with van der Waals surface area (Å²) in [5.41, 5.74) is 5.37. The second-order valence-corrected chi connectivity index (χ2v) is 3.21. The zero-order valence-electron chi connectivity index (χ0n) is 8.06. The lowest BCUT2D eigenvalue weighted by Crippen LogP contribution is -2.42. The molecule has 0 aromatic carbocycles. The molecule has 0 amide bonds. The number of hydrogen-bond donors (Lipinski definition) is 1. The van der Waals surface area contributed by atoms with E-state index in [0.29, 0.717) is 6.42 Å². The lowest BCUT2D eigenvalue weighted by molar-refractivity contribution is -0.147. The van der Waals surface area contributed by atoms with Crippen molar-refractivity contribution in [1.82, 2.24) is 4.90 Å². The fraction of sp³-hybridized carbons (Fsp3) is 1.00. The van der Waals surface area contributed by atoms with Crippen LogP contribution in [0.3, 0.4) is 0 Å². The molecule has 1 unspecified atom stereocenters. The van der Waals surface area contributed by atoms with Gasteiger partial charge in [0.05, 0.1) is 6.54 Å².